The first kappa shape index (κ1) is 14.2. The summed E-state index contributed by atoms with van der Waals surface area (Å²) in [6.07, 6.45) is 0.470. The number of benzene rings is 1. The summed E-state index contributed by atoms with van der Waals surface area (Å²) in [5, 5.41) is 7.27. The van der Waals surface area contributed by atoms with Crippen molar-refractivity contribution in [2.75, 3.05) is 6.61 Å². The van der Waals surface area contributed by atoms with Crippen LogP contribution in [0.25, 0.3) is 0 Å². The zero-order chi connectivity index (χ0) is 12.7. The number of alkyl halides is 3. The third-order valence-electron chi connectivity index (χ3n) is 1.74. The maximum absolute atomic E-state index is 7.27. The molecule has 1 rings (SSSR count). The van der Waals surface area contributed by atoms with E-state index in [0.717, 1.165) is 5.56 Å². The molecule has 0 unspecified atom stereocenters. The van der Waals surface area contributed by atoms with E-state index in [4.69, 9.17) is 44.9 Å². The first-order chi connectivity index (χ1) is 8.00. The summed E-state index contributed by atoms with van der Waals surface area (Å²) in [5.74, 6) is 5.48. The van der Waals surface area contributed by atoms with Crippen molar-refractivity contribution in [1.82, 2.24) is 0 Å². The van der Waals surface area contributed by atoms with Gasteiger partial charge in [-0.15, -0.1) is 0 Å². The number of hydrogen-bond acceptors (Lipinski definition) is 2. The smallest absolute Gasteiger partial charge is 0.265 e. The highest BCUT2D eigenvalue weighted by Gasteiger charge is 2.28. The van der Waals surface area contributed by atoms with Crippen molar-refractivity contribution < 1.29 is 4.74 Å². The first-order valence-corrected chi connectivity index (χ1v) is 5.96. The topological polar surface area (TPSA) is 33.1 Å². The second-order valence-electron chi connectivity index (χ2n) is 3.09. The summed E-state index contributed by atoms with van der Waals surface area (Å²) >= 11 is 16.3. The molecule has 1 aromatic carbocycles. The Morgan fingerprint density at radius 3 is 2.47 bits per heavy atom. The normalized spacial score (nSPS) is 10.3. The van der Waals surface area contributed by atoms with Gasteiger partial charge < -0.3 is 4.74 Å². The molecule has 0 aromatic heterocycles. The molecule has 5 heteroatoms. The largest absolute Gasteiger partial charge is 0.477 e. The number of nitrogens with one attached hydrogen (secondary N) is 1. The van der Waals surface area contributed by atoms with E-state index in [2.05, 4.69) is 11.8 Å². The third kappa shape index (κ3) is 5.83. The van der Waals surface area contributed by atoms with Crippen molar-refractivity contribution in [1.29, 1.82) is 5.41 Å². The van der Waals surface area contributed by atoms with Crippen molar-refractivity contribution in [3.63, 3.8) is 0 Å². The number of halogens is 3. The molecule has 2 nitrogen and oxygen atoms in total. The molecule has 0 radical (unpaired) electrons. The molecule has 1 aromatic rings. The van der Waals surface area contributed by atoms with Crippen LogP contribution in [0.5, 0.6) is 0 Å². The second kappa shape index (κ2) is 6.76. The fraction of sp³-hybridized carbons (Fsp3) is 0.250. The Balaban J connectivity index is 2.30. The van der Waals surface area contributed by atoms with Crippen LogP contribution < -0.4 is 0 Å². The van der Waals surface area contributed by atoms with E-state index in [1.54, 1.807) is 0 Å². The highest BCUT2D eigenvalue weighted by molar-refractivity contribution is 6.76. The molecule has 0 bridgehead atoms. The van der Waals surface area contributed by atoms with Crippen LogP contribution in [-0.4, -0.2) is 16.3 Å². The Morgan fingerprint density at radius 1 is 1.24 bits per heavy atom. The Bertz CT molecular complexity index is 429. The van der Waals surface area contributed by atoms with Gasteiger partial charge >= 0.3 is 0 Å². The highest BCUT2D eigenvalue weighted by atomic mass is 35.6. The fourth-order valence-corrected chi connectivity index (χ4v) is 1.14. The summed E-state index contributed by atoms with van der Waals surface area (Å²) in [5.41, 5.74) is 0.934. The predicted octanol–water partition coefficient (Wildman–Crippen LogP) is 3.79. The minimum atomic E-state index is -1.80. The van der Waals surface area contributed by atoms with E-state index < -0.39 is 3.79 Å². The van der Waals surface area contributed by atoms with Crippen molar-refractivity contribution in [3.05, 3.63) is 35.9 Å². The lowest BCUT2D eigenvalue weighted by Crippen LogP contribution is -2.21. The highest BCUT2D eigenvalue weighted by Crippen LogP contribution is 2.27. The van der Waals surface area contributed by atoms with Crippen molar-refractivity contribution in [2.24, 2.45) is 0 Å². The predicted molar refractivity (Wildman–Crippen MR) is 71.9 cm³/mol. The standard InChI is InChI=1S/C12H10Cl3NO/c13-12(14,15)11(16)17-9-5-4-8-10-6-2-1-3-7-10/h1-3,6-7,16H,5,9H2. The van der Waals surface area contributed by atoms with Gasteiger partial charge in [0.1, 0.15) is 6.61 Å². The van der Waals surface area contributed by atoms with Crippen LogP contribution in [0.4, 0.5) is 0 Å². The Morgan fingerprint density at radius 2 is 1.88 bits per heavy atom. The molecule has 0 aliphatic carbocycles. The van der Waals surface area contributed by atoms with E-state index >= 15 is 0 Å². The third-order valence-corrected chi connectivity index (χ3v) is 2.25. The maximum atomic E-state index is 7.27. The van der Waals surface area contributed by atoms with E-state index in [-0.39, 0.29) is 12.5 Å². The van der Waals surface area contributed by atoms with Crippen molar-refractivity contribution >= 4 is 40.7 Å². The van der Waals surface area contributed by atoms with Crippen LogP contribution >= 0.6 is 34.8 Å². The van der Waals surface area contributed by atoms with Gasteiger partial charge in [-0.1, -0.05) is 64.8 Å². The first-order valence-electron chi connectivity index (χ1n) is 4.82. The number of hydrogen-bond donors (Lipinski definition) is 1. The van der Waals surface area contributed by atoms with Crippen LogP contribution in [0.2, 0.25) is 0 Å². The van der Waals surface area contributed by atoms with Crippen LogP contribution in [0, 0.1) is 17.3 Å². The molecule has 90 valence electrons. The summed E-state index contributed by atoms with van der Waals surface area (Å²) < 4.78 is 3.13. The van der Waals surface area contributed by atoms with Gasteiger partial charge in [-0.25, -0.2) is 0 Å². The van der Waals surface area contributed by atoms with Crippen LogP contribution in [-0.2, 0) is 4.74 Å². The zero-order valence-electron chi connectivity index (χ0n) is 8.84. The van der Waals surface area contributed by atoms with Crippen molar-refractivity contribution in [2.45, 2.75) is 10.2 Å². The van der Waals surface area contributed by atoms with Crippen LogP contribution in [0.3, 0.4) is 0 Å². The second-order valence-corrected chi connectivity index (χ2v) is 5.37. The minimum Gasteiger partial charge on any atom is -0.477 e. The van der Waals surface area contributed by atoms with E-state index in [0.29, 0.717) is 6.42 Å². The van der Waals surface area contributed by atoms with Gasteiger partial charge in [0.2, 0.25) is 5.90 Å². The molecule has 0 spiro atoms. The van der Waals surface area contributed by atoms with E-state index in [1.807, 2.05) is 30.3 Å². The molecule has 17 heavy (non-hydrogen) atoms. The molecular weight excluding hydrogens is 280 g/mol. The summed E-state index contributed by atoms with van der Waals surface area (Å²) in [4.78, 5) is 0. The number of rotatable bonds is 2. The Kier molecular flexibility index (Phi) is 5.64. The average Bonchev–Trinajstić information content (AvgIpc) is 2.28. The summed E-state index contributed by atoms with van der Waals surface area (Å²) in [7, 11) is 0. The lowest BCUT2D eigenvalue weighted by Gasteiger charge is -2.12. The molecule has 0 heterocycles. The molecule has 0 fully saturated rings. The minimum absolute atomic E-state index is 0.229. The Labute approximate surface area is 115 Å². The van der Waals surface area contributed by atoms with Gasteiger partial charge in [0.15, 0.2) is 0 Å². The molecule has 0 aliphatic rings. The molecule has 0 aliphatic heterocycles. The Hall–Kier alpha value is -0.880. The summed E-state index contributed by atoms with van der Waals surface area (Å²) in [6.45, 7) is 0.229. The van der Waals surface area contributed by atoms with Gasteiger partial charge in [-0.05, 0) is 12.1 Å². The lowest BCUT2D eigenvalue weighted by atomic mass is 10.2. The fourth-order valence-electron chi connectivity index (χ4n) is 0.972. The van der Waals surface area contributed by atoms with Gasteiger partial charge in [-0.3, -0.25) is 5.41 Å². The maximum Gasteiger partial charge on any atom is 0.265 e. The SMILES string of the molecule is N=C(OCCC#Cc1ccccc1)C(Cl)(Cl)Cl. The zero-order valence-corrected chi connectivity index (χ0v) is 11.1. The van der Waals surface area contributed by atoms with Crippen LogP contribution in [0.1, 0.15) is 12.0 Å². The van der Waals surface area contributed by atoms with Crippen LogP contribution in [0.15, 0.2) is 30.3 Å². The molecule has 1 N–H and O–H groups in total. The molecule has 0 saturated carbocycles. The molecule has 0 atom stereocenters. The molecular formula is C12H10Cl3NO. The lowest BCUT2D eigenvalue weighted by molar-refractivity contribution is 0.305. The number of ether oxygens (including phenoxy) is 1. The monoisotopic (exact) mass is 289 g/mol. The molecule has 0 amide bonds. The van der Waals surface area contributed by atoms with E-state index in [9.17, 15) is 0 Å². The van der Waals surface area contributed by atoms with Gasteiger partial charge in [-0.2, -0.15) is 0 Å². The summed E-state index contributed by atoms with van der Waals surface area (Å²) in [6, 6.07) is 9.59. The molecule has 0 saturated heterocycles. The van der Waals surface area contributed by atoms with E-state index in [1.165, 1.54) is 0 Å². The van der Waals surface area contributed by atoms with Crippen molar-refractivity contribution in [3.8, 4) is 11.8 Å². The van der Waals surface area contributed by atoms with Gasteiger partial charge in [0.25, 0.3) is 3.79 Å². The van der Waals surface area contributed by atoms with Gasteiger partial charge in [0.05, 0.1) is 0 Å². The quantitative estimate of drug-likeness (QED) is 0.290. The van der Waals surface area contributed by atoms with Gasteiger partial charge in [0, 0.05) is 12.0 Å². The average molecular weight is 291 g/mol.